The fraction of sp³-hybridized carbons (Fsp3) is 0.241. The van der Waals surface area contributed by atoms with Crippen LogP contribution in [0.25, 0.3) is 21.5 Å². The first-order chi connectivity index (χ1) is 31.7. The van der Waals surface area contributed by atoms with Gasteiger partial charge in [0.2, 0.25) is 5.41 Å². The Morgan fingerprint density at radius 2 is 0.803 bits per heavy atom. The lowest BCUT2D eigenvalue weighted by atomic mass is 9.72. The monoisotopic (exact) mass is 892 g/mol. The molecule has 66 heavy (non-hydrogen) atoms. The van der Waals surface area contributed by atoms with E-state index in [1.807, 2.05) is 133 Å². The maximum Gasteiger partial charge on any atom is 0.411 e. The predicted molar refractivity (Wildman–Crippen MR) is 261 cm³/mol. The van der Waals surface area contributed by atoms with Gasteiger partial charge in [0.25, 0.3) is 0 Å². The summed E-state index contributed by atoms with van der Waals surface area (Å²) in [5.74, 6) is 0.303. The van der Waals surface area contributed by atoms with Crippen molar-refractivity contribution in [3.05, 3.63) is 204 Å². The minimum Gasteiger partial charge on any atom is -0.310 e. The standard InChI is InChI=1S/C58H54F6N2/c1-6-40(7-2)41-30-34-47(35-31-41)65(53-28-14-20-42-18-10-12-26-51(42)53)49-24-16-22-45(38-49)56(57(59,60)61,58(62,63)64)46-23-17-25-50(39-46)66(54-29-15-21-43-19-11-13-27-52(43)54)48-36-32-44(33-37-48)55(5,8-3)9-4/h10-40H,6-9H2,1-5H3. The first-order valence-electron chi connectivity index (χ1n) is 22.8. The molecule has 8 heteroatoms. The van der Waals surface area contributed by atoms with Gasteiger partial charge in [-0.3, -0.25) is 0 Å². The van der Waals surface area contributed by atoms with E-state index in [1.54, 1.807) is 21.9 Å². The zero-order chi connectivity index (χ0) is 46.9. The third kappa shape index (κ3) is 8.20. The molecule has 0 aliphatic heterocycles. The molecule has 8 aromatic carbocycles. The van der Waals surface area contributed by atoms with Gasteiger partial charge in [0.15, 0.2) is 0 Å². The lowest BCUT2D eigenvalue weighted by Crippen LogP contribution is -2.54. The highest BCUT2D eigenvalue weighted by Gasteiger charge is 2.72. The summed E-state index contributed by atoms with van der Waals surface area (Å²) in [6, 6.07) is 51.8. The molecule has 0 saturated carbocycles. The van der Waals surface area contributed by atoms with Gasteiger partial charge in [0.1, 0.15) is 0 Å². The van der Waals surface area contributed by atoms with Crippen molar-refractivity contribution in [2.45, 2.75) is 89.4 Å². The molecule has 0 radical (unpaired) electrons. The van der Waals surface area contributed by atoms with E-state index < -0.39 is 28.9 Å². The summed E-state index contributed by atoms with van der Waals surface area (Å²) in [5.41, 5.74) is -1.54. The molecule has 0 heterocycles. The van der Waals surface area contributed by atoms with Crippen LogP contribution in [0, 0.1) is 0 Å². The summed E-state index contributed by atoms with van der Waals surface area (Å²) in [7, 11) is 0. The molecule has 8 aromatic rings. The van der Waals surface area contributed by atoms with Crippen LogP contribution in [0.1, 0.15) is 88.5 Å². The van der Waals surface area contributed by atoms with E-state index in [4.69, 9.17) is 0 Å². The van der Waals surface area contributed by atoms with Gasteiger partial charge in [-0.2, -0.15) is 26.3 Å². The van der Waals surface area contributed by atoms with E-state index >= 15 is 26.3 Å². The molecule has 0 fully saturated rings. The molecule has 0 aliphatic rings. The van der Waals surface area contributed by atoms with Gasteiger partial charge in [0.05, 0.1) is 11.4 Å². The minimum atomic E-state index is -5.83. The summed E-state index contributed by atoms with van der Waals surface area (Å²) in [4.78, 5) is 3.51. The van der Waals surface area contributed by atoms with Crippen molar-refractivity contribution >= 4 is 55.7 Å². The molecular weight excluding hydrogens is 839 g/mol. The molecule has 338 valence electrons. The highest BCUT2D eigenvalue weighted by atomic mass is 19.4. The summed E-state index contributed by atoms with van der Waals surface area (Å²) in [6.07, 6.45) is -8.04. The Hall–Kier alpha value is -6.54. The van der Waals surface area contributed by atoms with Gasteiger partial charge in [-0.1, -0.05) is 156 Å². The second kappa shape index (κ2) is 18.4. The van der Waals surface area contributed by atoms with E-state index in [0.29, 0.717) is 28.7 Å². The average molecular weight is 893 g/mol. The molecule has 0 amide bonds. The third-order valence-electron chi connectivity index (χ3n) is 13.9. The van der Waals surface area contributed by atoms with Crippen molar-refractivity contribution < 1.29 is 26.3 Å². The van der Waals surface area contributed by atoms with Crippen molar-refractivity contribution in [3.8, 4) is 0 Å². The van der Waals surface area contributed by atoms with E-state index in [2.05, 4.69) is 34.6 Å². The average Bonchev–Trinajstić information content (AvgIpc) is 3.32. The van der Waals surface area contributed by atoms with Gasteiger partial charge >= 0.3 is 12.4 Å². The molecule has 0 atom stereocenters. The molecule has 0 saturated heterocycles. The summed E-state index contributed by atoms with van der Waals surface area (Å²) >= 11 is 0. The molecule has 0 bridgehead atoms. The van der Waals surface area contributed by atoms with Crippen LogP contribution in [0.5, 0.6) is 0 Å². The second-order valence-electron chi connectivity index (χ2n) is 17.4. The molecule has 0 aliphatic carbocycles. The van der Waals surface area contributed by atoms with Gasteiger partial charge < -0.3 is 9.80 Å². The van der Waals surface area contributed by atoms with E-state index in [-0.39, 0.29) is 16.8 Å². The molecule has 0 N–H and O–H groups in total. The van der Waals surface area contributed by atoms with Crippen molar-refractivity contribution in [2.24, 2.45) is 0 Å². The lowest BCUT2D eigenvalue weighted by molar-refractivity contribution is -0.288. The molecule has 8 rings (SSSR count). The van der Waals surface area contributed by atoms with Crippen LogP contribution in [0.3, 0.4) is 0 Å². The second-order valence-corrected chi connectivity index (χ2v) is 17.4. The Labute approximate surface area is 384 Å². The molecule has 0 spiro atoms. The van der Waals surface area contributed by atoms with Crippen LogP contribution in [-0.4, -0.2) is 12.4 Å². The third-order valence-corrected chi connectivity index (χ3v) is 13.9. The fourth-order valence-corrected chi connectivity index (χ4v) is 9.73. The number of anilines is 6. The number of benzene rings is 8. The highest BCUT2D eigenvalue weighted by molar-refractivity contribution is 6.00. The van der Waals surface area contributed by atoms with Crippen LogP contribution < -0.4 is 9.80 Å². The van der Waals surface area contributed by atoms with Crippen LogP contribution in [-0.2, 0) is 10.8 Å². The number of alkyl halides is 6. The number of fused-ring (bicyclic) bond motifs is 2. The Kier molecular flexibility index (Phi) is 12.8. The number of halogens is 6. The van der Waals surface area contributed by atoms with Crippen LogP contribution >= 0.6 is 0 Å². The zero-order valence-electron chi connectivity index (χ0n) is 37.9. The normalized spacial score (nSPS) is 12.5. The van der Waals surface area contributed by atoms with Crippen LogP contribution in [0.2, 0.25) is 0 Å². The smallest absolute Gasteiger partial charge is 0.310 e. The number of rotatable bonds is 14. The molecular formula is C58H54F6N2. The lowest BCUT2D eigenvalue weighted by Gasteiger charge is -2.39. The first kappa shape index (κ1) is 46.0. The van der Waals surface area contributed by atoms with Crippen LogP contribution in [0.15, 0.2) is 182 Å². The number of hydrogen-bond donors (Lipinski definition) is 0. The van der Waals surface area contributed by atoms with E-state index in [1.165, 1.54) is 12.1 Å². The summed E-state index contributed by atoms with van der Waals surface area (Å²) < 4.78 is 97.7. The maximum atomic E-state index is 16.3. The Morgan fingerprint density at radius 1 is 0.409 bits per heavy atom. The summed E-state index contributed by atoms with van der Waals surface area (Å²) in [6.45, 7) is 10.7. The van der Waals surface area contributed by atoms with Crippen molar-refractivity contribution in [1.82, 2.24) is 0 Å². The Bertz CT molecular complexity index is 2900. The van der Waals surface area contributed by atoms with Crippen molar-refractivity contribution in [3.63, 3.8) is 0 Å². The molecule has 2 nitrogen and oxygen atoms in total. The Balaban J connectivity index is 1.35. The SMILES string of the molecule is CCC(CC)c1ccc(N(c2cccc(C(c3cccc(N(c4ccc(C(C)(CC)CC)cc4)c4cccc5ccccc45)c3)(C(F)(F)F)C(F)(F)F)c2)c2cccc3ccccc23)cc1. The topological polar surface area (TPSA) is 6.48 Å². The molecule has 0 aromatic heterocycles. The largest absolute Gasteiger partial charge is 0.411 e. The van der Waals surface area contributed by atoms with Gasteiger partial charge in [0, 0.05) is 33.5 Å². The Morgan fingerprint density at radius 3 is 1.21 bits per heavy atom. The molecule has 0 unspecified atom stereocenters. The number of hydrogen-bond acceptors (Lipinski definition) is 2. The van der Waals surface area contributed by atoms with E-state index in [0.717, 1.165) is 82.6 Å². The van der Waals surface area contributed by atoms with Gasteiger partial charge in [-0.15, -0.1) is 0 Å². The van der Waals surface area contributed by atoms with Gasteiger partial charge in [-0.05, 0) is 131 Å². The van der Waals surface area contributed by atoms with Crippen molar-refractivity contribution in [1.29, 1.82) is 0 Å². The quantitative estimate of drug-likeness (QED) is 0.100. The van der Waals surface area contributed by atoms with Gasteiger partial charge in [-0.25, -0.2) is 0 Å². The minimum absolute atomic E-state index is 0.115. The van der Waals surface area contributed by atoms with Crippen molar-refractivity contribution in [2.75, 3.05) is 9.80 Å². The fourth-order valence-electron chi connectivity index (χ4n) is 9.73. The summed E-state index contributed by atoms with van der Waals surface area (Å²) in [5, 5.41) is 3.32. The number of nitrogens with zero attached hydrogens (tertiary/aromatic N) is 2. The highest BCUT2D eigenvalue weighted by Crippen LogP contribution is 2.58. The maximum absolute atomic E-state index is 16.3. The zero-order valence-corrected chi connectivity index (χ0v) is 37.9. The first-order valence-corrected chi connectivity index (χ1v) is 22.8. The predicted octanol–water partition coefficient (Wildman–Crippen LogP) is 18.3. The van der Waals surface area contributed by atoms with Crippen LogP contribution in [0.4, 0.5) is 60.5 Å². The van der Waals surface area contributed by atoms with E-state index in [9.17, 15) is 0 Å².